The van der Waals surface area contributed by atoms with Crippen LogP contribution < -0.4 is 0 Å². The number of rotatable bonds is 9. The van der Waals surface area contributed by atoms with Crippen molar-refractivity contribution in [2.75, 3.05) is 0 Å². The molecule has 0 radical (unpaired) electrons. The zero-order chi connectivity index (χ0) is 9.07. The largest absolute Gasteiger partial charge is 0.468 e. The molecule has 0 heterocycles. The van der Waals surface area contributed by atoms with Gasteiger partial charge in [0.25, 0.3) is 30.0 Å². The van der Waals surface area contributed by atoms with Gasteiger partial charge in [0.15, 0.2) is 18.6 Å². The van der Waals surface area contributed by atoms with Gasteiger partial charge in [-0.3, -0.25) is 0 Å². The van der Waals surface area contributed by atoms with Gasteiger partial charge in [0.1, 0.15) is 21.0 Å². The molecule has 0 fully saturated rings. The standard InChI is InChI=1S/H16O5Si7/c6-1-8-3-9-4-10-5-12-11-2-7/h8-12H2,6-7H3. The van der Waals surface area contributed by atoms with Crippen LogP contribution in [0.3, 0.4) is 0 Å². The lowest BCUT2D eigenvalue weighted by atomic mass is 15.7. The minimum absolute atomic E-state index is 0.225. The van der Waals surface area contributed by atoms with Gasteiger partial charge < -0.3 is 20.6 Å². The van der Waals surface area contributed by atoms with E-state index in [9.17, 15) is 0 Å². The van der Waals surface area contributed by atoms with Crippen LogP contribution in [0.5, 0.6) is 0 Å². The van der Waals surface area contributed by atoms with E-state index in [0.717, 1.165) is 21.0 Å². The minimum Gasteiger partial charge on any atom is -0.468 e. The van der Waals surface area contributed by atoms with Gasteiger partial charge in [-0.25, -0.2) is 0 Å². The predicted octanol–water partition coefficient (Wildman–Crippen LogP) is -7.29. The van der Waals surface area contributed by atoms with Gasteiger partial charge in [-0.15, -0.1) is 0 Å². The topological polar surface area (TPSA) is 46.2 Å². The van der Waals surface area contributed by atoms with E-state index in [1.54, 1.807) is 0 Å². The molecule has 0 bridgehead atoms. The van der Waals surface area contributed by atoms with E-state index in [2.05, 4.69) is 0 Å². The molecule has 0 amide bonds. The Balaban J connectivity index is 2.73. The molecule has 0 aromatic rings. The molecule has 0 N–H and O–H groups in total. The van der Waals surface area contributed by atoms with Crippen LogP contribution in [-0.4, -0.2) is 69.6 Å². The minimum atomic E-state index is -0.733. The summed E-state index contributed by atoms with van der Waals surface area (Å²) in [4.78, 5) is 0. The van der Waals surface area contributed by atoms with Gasteiger partial charge in [0, 0.05) is 0 Å². The Morgan fingerprint density at radius 3 is 2.00 bits per heavy atom. The van der Waals surface area contributed by atoms with Crippen LogP contribution >= 0.6 is 0 Å². The molecule has 0 saturated heterocycles. The van der Waals surface area contributed by atoms with E-state index in [-0.39, 0.29) is 18.6 Å². The van der Waals surface area contributed by atoms with E-state index in [4.69, 9.17) is 20.6 Å². The van der Waals surface area contributed by atoms with Gasteiger partial charge in [0.05, 0.1) is 0 Å². The summed E-state index contributed by atoms with van der Waals surface area (Å²) in [6, 6.07) is 0. The Morgan fingerprint density at radius 1 is 0.667 bits per heavy atom. The van der Waals surface area contributed by atoms with E-state index in [1.165, 1.54) is 0 Å². The van der Waals surface area contributed by atoms with Gasteiger partial charge >= 0.3 is 0 Å². The van der Waals surface area contributed by atoms with E-state index in [1.807, 2.05) is 0 Å². The van der Waals surface area contributed by atoms with Crippen LogP contribution in [0.15, 0.2) is 0 Å². The predicted molar refractivity (Wildman–Crippen MR) is 68.0 cm³/mol. The summed E-state index contributed by atoms with van der Waals surface area (Å²) in [7, 11) is -0.920. The molecule has 0 saturated carbocycles. The lowest BCUT2D eigenvalue weighted by Gasteiger charge is -2.04. The highest BCUT2D eigenvalue weighted by Crippen LogP contribution is 1.72. The smallest absolute Gasteiger partial charge is 0.286 e. The van der Waals surface area contributed by atoms with Crippen LogP contribution in [0.4, 0.5) is 0 Å². The summed E-state index contributed by atoms with van der Waals surface area (Å²) in [6.45, 7) is 0. The first kappa shape index (κ1) is 13.3. The number of hydrogen-bond acceptors (Lipinski definition) is 5. The summed E-state index contributed by atoms with van der Waals surface area (Å²) in [5.41, 5.74) is 0. The monoisotopic (exact) mass is 292 g/mol. The molecule has 0 unspecified atom stereocenters. The second kappa shape index (κ2) is 12.3. The lowest BCUT2D eigenvalue weighted by molar-refractivity contribution is 0.408. The van der Waals surface area contributed by atoms with E-state index >= 15 is 0 Å². The Morgan fingerprint density at radius 2 is 1.33 bits per heavy atom. The molecule has 0 rings (SSSR count). The Kier molecular flexibility index (Phi) is 13.7. The fourth-order valence-electron chi connectivity index (χ4n) is 0.470. The maximum atomic E-state index is 5.41. The fraction of sp³-hybridized carbons (Fsp3) is 0. The van der Waals surface area contributed by atoms with E-state index < -0.39 is 30.0 Å². The molecule has 0 spiro atoms. The molecule has 5 nitrogen and oxygen atoms in total. The molecular weight excluding hydrogens is 277 g/mol. The Hall–Kier alpha value is 1.32. The Labute approximate surface area is 90.2 Å². The summed E-state index contributed by atoms with van der Waals surface area (Å²) < 4.78 is 26.0. The summed E-state index contributed by atoms with van der Waals surface area (Å²) in [6.07, 6.45) is 0. The zero-order valence-corrected chi connectivity index (χ0v) is 18.6. The molecule has 74 valence electrons. The second-order valence-electron chi connectivity index (χ2n) is 1.95. The molecule has 0 aromatic carbocycles. The normalized spacial score (nSPS) is 16.0. The highest BCUT2D eigenvalue weighted by molar-refractivity contribution is 6.96. The summed E-state index contributed by atoms with van der Waals surface area (Å²) in [5, 5.41) is 0. The van der Waals surface area contributed by atoms with Crippen molar-refractivity contribution in [3.63, 3.8) is 0 Å². The second-order valence-corrected chi connectivity index (χ2v) is 15.4. The fourth-order valence-corrected chi connectivity index (χ4v) is 11.5. The van der Waals surface area contributed by atoms with Crippen molar-refractivity contribution in [2.24, 2.45) is 0 Å². The third kappa shape index (κ3) is 11.3. The molecule has 12 heteroatoms. The van der Waals surface area contributed by atoms with Crippen molar-refractivity contribution in [3.05, 3.63) is 0 Å². The zero-order valence-electron chi connectivity index (χ0n) is 7.58. The maximum Gasteiger partial charge on any atom is 0.286 e. The first-order valence-electron chi connectivity index (χ1n) is 3.63. The van der Waals surface area contributed by atoms with Crippen LogP contribution in [-0.2, 0) is 20.6 Å². The van der Waals surface area contributed by atoms with E-state index in [0.29, 0.717) is 0 Å². The van der Waals surface area contributed by atoms with Crippen LogP contribution in [0, 0.1) is 0 Å². The third-order valence-corrected chi connectivity index (χ3v) is 15.0. The summed E-state index contributed by atoms with van der Waals surface area (Å²) >= 11 is 0. The van der Waals surface area contributed by atoms with Gasteiger partial charge in [0.2, 0.25) is 0 Å². The van der Waals surface area contributed by atoms with Crippen molar-refractivity contribution in [1.82, 2.24) is 0 Å². The molecular formula is H16O5Si7. The molecule has 12 heavy (non-hydrogen) atoms. The van der Waals surface area contributed by atoms with Crippen LogP contribution in [0.25, 0.3) is 0 Å². The highest BCUT2D eigenvalue weighted by atomic mass is 29.2. The molecule has 0 aliphatic rings. The Bertz CT molecular complexity index is 68.2. The average Bonchev–Trinajstić information content (AvgIpc) is 2.10. The molecule has 0 atom stereocenters. The van der Waals surface area contributed by atoms with Crippen molar-refractivity contribution >= 4 is 69.6 Å². The molecule has 0 aliphatic heterocycles. The average molecular weight is 293 g/mol. The van der Waals surface area contributed by atoms with Gasteiger partial charge in [-0.2, -0.15) is 0 Å². The first-order chi connectivity index (χ1) is 5.91. The molecule has 0 aliphatic carbocycles. The maximum absolute atomic E-state index is 5.41. The summed E-state index contributed by atoms with van der Waals surface area (Å²) in [5.74, 6) is 0. The van der Waals surface area contributed by atoms with Crippen molar-refractivity contribution in [2.45, 2.75) is 0 Å². The van der Waals surface area contributed by atoms with Crippen LogP contribution in [0.2, 0.25) is 0 Å². The molecule has 0 aromatic heterocycles. The van der Waals surface area contributed by atoms with Crippen molar-refractivity contribution in [1.29, 1.82) is 0 Å². The van der Waals surface area contributed by atoms with Gasteiger partial charge in [-0.1, -0.05) is 0 Å². The first-order valence-corrected chi connectivity index (χ1v) is 13.9. The van der Waals surface area contributed by atoms with Crippen molar-refractivity contribution < 1.29 is 20.6 Å². The van der Waals surface area contributed by atoms with Gasteiger partial charge in [-0.05, 0) is 0 Å². The highest BCUT2D eigenvalue weighted by Gasteiger charge is 1.91. The quantitative estimate of drug-likeness (QED) is 0.312. The SMILES string of the molecule is [SiH3]O[SiH2]O[SiH2]O[SiH2]O[SiH2][SiH2]O[SiH3]. The third-order valence-electron chi connectivity index (χ3n) is 0.966. The lowest BCUT2D eigenvalue weighted by Crippen LogP contribution is -2.19. The van der Waals surface area contributed by atoms with Crippen molar-refractivity contribution in [3.8, 4) is 0 Å². The van der Waals surface area contributed by atoms with Crippen LogP contribution in [0.1, 0.15) is 0 Å². The number of hydrogen-bond donors (Lipinski definition) is 0.